The first-order valence-corrected chi connectivity index (χ1v) is 5.77. The van der Waals surface area contributed by atoms with Gasteiger partial charge >= 0.3 is 0 Å². The Morgan fingerprint density at radius 2 is 1.80 bits per heavy atom. The summed E-state index contributed by atoms with van der Waals surface area (Å²) in [7, 11) is 0. The van der Waals surface area contributed by atoms with E-state index in [2.05, 4.69) is 50.5 Å². The summed E-state index contributed by atoms with van der Waals surface area (Å²) < 4.78 is 0. The highest BCUT2D eigenvalue weighted by molar-refractivity contribution is 5.25. The Morgan fingerprint density at radius 3 is 2.20 bits per heavy atom. The Hall–Kier alpha value is -0.860. The monoisotopic (exact) mass is 206 g/mol. The zero-order valence-corrected chi connectivity index (χ0v) is 9.96. The van der Waals surface area contributed by atoms with E-state index in [9.17, 15) is 0 Å². The predicted octanol–water partition coefficient (Wildman–Crippen LogP) is 2.80. The van der Waals surface area contributed by atoms with Crippen LogP contribution in [0.1, 0.15) is 44.4 Å². The van der Waals surface area contributed by atoms with Crippen LogP contribution in [0.15, 0.2) is 24.3 Å². The van der Waals surface area contributed by atoms with Crippen LogP contribution in [-0.4, -0.2) is 0 Å². The van der Waals surface area contributed by atoms with Gasteiger partial charge in [0.05, 0.1) is 0 Å². The van der Waals surface area contributed by atoms with Gasteiger partial charge in [0, 0.05) is 6.04 Å². The van der Waals surface area contributed by atoms with Gasteiger partial charge in [0.25, 0.3) is 0 Å². The van der Waals surface area contributed by atoms with Crippen molar-refractivity contribution in [1.29, 1.82) is 0 Å². The summed E-state index contributed by atoms with van der Waals surface area (Å²) in [6.45, 7) is 6.58. The minimum atomic E-state index is 0.265. The first-order chi connectivity index (χ1) is 7.22. The third-order valence-electron chi connectivity index (χ3n) is 3.14. The second kappa shape index (κ2) is 5.89. The molecule has 15 heavy (non-hydrogen) atoms. The maximum absolute atomic E-state index is 5.60. The lowest BCUT2D eigenvalue weighted by Crippen LogP contribution is -2.32. The normalized spacial score (nSPS) is 14.9. The van der Waals surface area contributed by atoms with Crippen LogP contribution < -0.4 is 11.3 Å². The van der Waals surface area contributed by atoms with Crippen LogP contribution in [0.3, 0.4) is 0 Å². The average Bonchev–Trinajstić information content (AvgIpc) is 2.30. The molecule has 0 aliphatic heterocycles. The van der Waals surface area contributed by atoms with Crippen molar-refractivity contribution >= 4 is 0 Å². The highest BCUT2D eigenvalue weighted by Crippen LogP contribution is 2.23. The molecule has 0 saturated carbocycles. The summed E-state index contributed by atoms with van der Waals surface area (Å²) in [6.07, 6.45) is 2.22. The van der Waals surface area contributed by atoms with Gasteiger partial charge in [-0.15, -0.1) is 0 Å². The Labute approximate surface area is 92.8 Å². The summed E-state index contributed by atoms with van der Waals surface area (Å²) in [5, 5.41) is 0. The molecule has 0 spiro atoms. The fraction of sp³-hybridized carbons (Fsp3) is 0.538. The molecule has 2 atom stereocenters. The molecule has 1 aromatic rings. The number of benzene rings is 1. The number of nitrogens with one attached hydrogen (secondary N) is 1. The van der Waals surface area contributed by atoms with Gasteiger partial charge in [-0.1, -0.05) is 51.5 Å². The van der Waals surface area contributed by atoms with Crippen LogP contribution in [0.2, 0.25) is 0 Å². The quantitative estimate of drug-likeness (QED) is 0.574. The van der Waals surface area contributed by atoms with Crippen molar-refractivity contribution in [3.63, 3.8) is 0 Å². The molecular weight excluding hydrogens is 184 g/mol. The molecule has 1 rings (SSSR count). The van der Waals surface area contributed by atoms with Gasteiger partial charge < -0.3 is 0 Å². The molecule has 0 aromatic heterocycles. The average molecular weight is 206 g/mol. The van der Waals surface area contributed by atoms with E-state index in [0.717, 1.165) is 12.8 Å². The second-order valence-corrected chi connectivity index (χ2v) is 4.13. The third kappa shape index (κ3) is 3.05. The number of aryl methyl sites for hydroxylation is 1. The van der Waals surface area contributed by atoms with Crippen LogP contribution >= 0.6 is 0 Å². The van der Waals surface area contributed by atoms with E-state index >= 15 is 0 Å². The Bertz CT molecular complexity index is 279. The minimum absolute atomic E-state index is 0.265. The molecule has 0 fully saturated rings. The second-order valence-electron chi connectivity index (χ2n) is 4.13. The van der Waals surface area contributed by atoms with Crippen molar-refractivity contribution in [3.05, 3.63) is 35.4 Å². The zero-order chi connectivity index (χ0) is 11.3. The standard InChI is InChI=1S/C13H22N2/c1-4-10(3)13(15-14)12-8-6-11(5-2)7-9-12/h6-10,13,15H,4-5,14H2,1-3H3. The van der Waals surface area contributed by atoms with Gasteiger partial charge in [-0.3, -0.25) is 11.3 Å². The Balaban J connectivity index is 2.83. The molecule has 0 radical (unpaired) electrons. The molecular formula is C13H22N2. The topological polar surface area (TPSA) is 38.0 Å². The highest BCUT2D eigenvalue weighted by Gasteiger charge is 2.15. The molecule has 0 heterocycles. The lowest BCUT2D eigenvalue weighted by molar-refractivity contribution is 0.383. The van der Waals surface area contributed by atoms with Crippen LogP contribution in [0.5, 0.6) is 0 Å². The summed E-state index contributed by atoms with van der Waals surface area (Å²) in [6, 6.07) is 8.98. The summed E-state index contributed by atoms with van der Waals surface area (Å²) in [5.74, 6) is 6.16. The molecule has 0 amide bonds. The molecule has 2 unspecified atom stereocenters. The minimum Gasteiger partial charge on any atom is -0.271 e. The van der Waals surface area contributed by atoms with Crippen LogP contribution in [0.4, 0.5) is 0 Å². The number of nitrogens with two attached hydrogens (primary N) is 1. The van der Waals surface area contributed by atoms with Crippen molar-refractivity contribution in [2.45, 2.75) is 39.7 Å². The van der Waals surface area contributed by atoms with Crippen LogP contribution in [0, 0.1) is 5.92 Å². The van der Waals surface area contributed by atoms with E-state index in [1.54, 1.807) is 0 Å². The third-order valence-corrected chi connectivity index (χ3v) is 3.14. The molecule has 2 nitrogen and oxygen atoms in total. The van der Waals surface area contributed by atoms with Gasteiger partial charge in [-0.25, -0.2) is 0 Å². The Morgan fingerprint density at radius 1 is 1.20 bits per heavy atom. The van der Waals surface area contributed by atoms with Crippen LogP contribution in [-0.2, 0) is 6.42 Å². The summed E-state index contributed by atoms with van der Waals surface area (Å²) in [4.78, 5) is 0. The van der Waals surface area contributed by atoms with Gasteiger partial charge in [-0.05, 0) is 23.5 Å². The SMILES string of the molecule is CCc1ccc(C(NN)C(C)CC)cc1. The first kappa shape index (κ1) is 12.2. The largest absolute Gasteiger partial charge is 0.271 e. The summed E-state index contributed by atoms with van der Waals surface area (Å²) >= 11 is 0. The Kier molecular flexibility index (Phi) is 4.79. The number of hydrogen-bond acceptors (Lipinski definition) is 2. The molecule has 0 aliphatic rings. The molecule has 84 valence electrons. The zero-order valence-electron chi connectivity index (χ0n) is 9.96. The van der Waals surface area contributed by atoms with E-state index in [4.69, 9.17) is 5.84 Å². The molecule has 2 heteroatoms. The van der Waals surface area contributed by atoms with Crippen molar-refractivity contribution in [2.24, 2.45) is 11.8 Å². The lowest BCUT2D eigenvalue weighted by Gasteiger charge is -2.22. The van der Waals surface area contributed by atoms with Gasteiger partial charge in [-0.2, -0.15) is 0 Å². The predicted molar refractivity (Wildman–Crippen MR) is 65.3 cm³/mol. The van der Waals surface area contributed by atoms with E-state index < -0.39 is 0 Å². The van der Waals surface area contributed by atoms with Gasteiger partial charge in [0.2, 0.25) is 0 Å². The van der Waals surface area contributed by atoms with E-state index in [1.807, 2.05) is 0 Å². The summed E-state index contributed by atoms with van der Waals surface area (Å²) in [5.41, 5.74) is 5.56. The maximum Gasteiger partial charge on any atom is 0.0485 e. The lowest BCUT2D eigenvalue weighted by atomic mass is 9.92. The van der Waals surface area contributed by atoms with Gasteiger partial charge in [0.1, 0.15) is 0 Å². The molecule has 0 bridgehead atoms. The smallest absolute Gasteiger partial charge is 0.0485 e. The fourth-order valence-corrected chi connectivity index (χ4v) is 1.79. The number of rotatable bonds is 5. The molecule has 3 N–H and O–H groups in total. The van der Waals surface area contributed by atoms with E-state index in [-0.39, 0.29) is 6.04 Å². The number of hydrazine groups is 1. The molecule has 0 aliphatic carbocycles. The van der Waals surface area contributed by atoms with Crippen molar-refractivity contribution in [2.75, 3.05) is 0 Å². The highest BCUT2D eigenvalue weighted by atomic mass is 15.2. The van der Waals surface area contributed by atoms with Crippen molar-refractivity contribution in [3.8, 4) is 0 Å². The van der Waals surface area contributed by atoms with E-state index in [1.165, 1.54) is 11.1 Å². The molecule has 0 saturated heterocycles. The van der Waals surface area contributed by atoms with Crippen molar-refractivity contribution < 1.29 is 0 Å². The van der Waals surface area contributed by atoms with Gasteiger partial charge in [0.15, 0.2) is 0 Å². The van der Waals surface area contributed by atoms with E-state index in [0.29, 0.717) is 5.92 Å². The number of hydrogen-bond donors (Lipinski definition) is 2. The van der Waals surface area contributed by atoms with Crippen LogP contribution in [0.25, 0.3) is 0 Å². The maximum atomic E-state index is 5.60. The first-order valence-electron chi connectivity index (χ1n) is 5.77. The molecule has 1 aromatic carbocycles. The van der Waals surface area contributed by atoms with Crippen molar-refractivity contribution in [1.82, 2.24) is 5.43 Å². The fourth-order valence-electron chi connectivity index (χ4n) is 1.79.